The summed E-state index contributed by atoms with van der Waals surface area (Å²) in [6, 6.07) is 0. The normalized spacial score (nSPS) is 23.7. The molecule has 0 aliphatic carbocycles. The van der Waals surface area contributed by atoms with Crippen LogP contribution in [0.25, 0.3) is 0 Å². The maximum absolute atomic E-state index is 12.9. The lowest BCUT2D eigenvalue weighted by Crippen LogP contribution is -2.50. The number of esters is 1. The van der Waals surface area contributed by atoms with Crippen LogP contribution in [0.5, 0.6) is 0 Å². The summed E-state index contributed by atoms with van der Waals surface area (Å²) in [5, 5.41) is 2.97. The zero-order valence-electron chi connectivity index (χ0n) is 16.5. The van der Waals surface area contributed by atoms with Crippen molar-refractivity contribution >= 4 is 17.8 Å². The van der Waals surface area contributed by atoms with Crippen molar-refractivity contribution in [2.24, 2.45) is 0 Å². The summed E-state index contributed by atoms with van der Waals surface area (Å²) >= 11 is 0. The van der Waals surface area contributed by atoms with E-state index in [1.807, 2.05) is 0 Å². The highest BCUT2D eigenvalue weighted by atomic mass is 16.6. The predicted octanol–water partition coefficient (Wildman–Crippen LogP) is -0.396. The van der Waals surface area contributed by atoms with Gasteiger partial charge in [0.15, 0.2) is 0 Å². The highest BCUT2D eigenvalue weighted by molar-refractivity contribution is 6.07. The van der Waals surface area contributed by atoms with Gasteiger partial charge in [-0.05, 0) is 14.0 Å². The first kappa shape index (κ1) is 19.8. The Morgan fingerprint density at radius 1 is 1.11 bits per heavy atom. The summed E-state index contributed by atoms with van der Waals surface area (Å²) in [5.74, 6) is -0.632. The van der Waals surface area contributed by atoms with Gasteiger partial charge in [-0.25, -0.2) is 4.79 Å². The standard InChI is InChI=1S/C19H30N4O4/c1-14-16(17(25)20-6-9-22-12-10-21(3)11-13-22)19(27-18(14)26)4-7-23(8-5-19)15(2)24/h4-13H2,1-3H3,(H,20,25). The Kier molecular flexibility index (Phi) is 5.86. The first-order valence-corrected chi connectivity index (χ1v) is 9.72. The number of ether oxygens (including phenoxy) is 1. The summed E-state index contributed by atoms with van der Waals surface area (Å²) in [5.41, 5.74) is -0.0390. The van der Waals surface area contributed by atoms with Crippen LogP contribution in [0.3, 0.4) is 0 Å². The number of carbonyl (C=O) groups excluding carboxylic acids is 3. The Morgan fingerprint density at radius 3 is 2.33 bits per heavy atom. The van der Waals surface area contributed by atoms with Crippen molar-refractivity contribution in [1.29, 1.82) is 0 Å². The third-order valence-electron chi connectivity index (χ3n) is 5.98. The molecule has 1 spiro atoms. The molecular weight excluding hydrogens is 348 g/mol. The van der Waals surface area contributed by atoms with Crippen LogP contribution >= 0.6 is 0 Å². The lowest BCUT2D eigenvalue weighted by Gasteiger charge is -2.39. The SMILES string of the molecule is CC(=O)N1CCC2(CC1)OC(=O)C(C)=C2C(=O)NCCN1CCN(C)CC1. The number of piperidine rings is 1. The van der Waals surface area contributed by atoms with Crippen LogP contribution in [0.1, 0.15) is 26.7 Å². The number of carbonyl (C=O) groups is 3. The highest BCUT2D eigenvalue weighted by Gasteiger charge is 2.51. The van der Waals surface area contributed by atoms with E-state index in [4.69, 9.17) is 4.74 Å². The van der Waals surface area contributed by atoms with Gasteiger partial charge in [-0.15, -0.1) is 0 Å². The Hall–Kier alpha value is -1.93. The van der Waals surface area contributed by atoms with E-state index >= 15 is 0 Å². The van der Waals surface area contributed by atoms with Gasteiger partial charge >= 0.3 is 5.97 Å². The molecule has 0 aromatic heterocycles. The van der Waals surface area contributed by atoms with E-state index in [1.54, 1.807) is 11.8 Å². The third-order valence-corrected chi connectivity index (χ3v) is 5.98. The van der Waals surface area contributed by atoms with E-state index in [0.29, 0.717) is 43.6 Å². The molecule has 0 radical (unpaired) electrons. The first-order valence-electron chi connectivity index (χ1n) is 9.72. The average Bonchev–Trinajstić information content (AvgIpc) is 2.87. The second kappa shape index (κ2) is 7.98. The quantitative estimate of drug-likeness (QED) is 0.671. The van der Waals surface area contributed by atoms with E-state index in [9.17, 15) is 14.4 Å². The molecule has 3 aliphatic rings. The molecule has 0 saturated carbocycles. The minimum absolute atomic E-state index is 0.00746. The van der Waals surface area contributed by atoms with Crippen molar-refractivity contribution in [2.75, 3.05) is 59.4 Å². The summed E-state index contributed by atoms with van der Waals surface area (Å²) in [6.07, 6.45) is 0.938. The van der Waals surface area contributed by atoms with Crippen LogP contribution in [0.2, 0.25) is 0 Å². The number of rotatable bonds is 4. The molecule has 1 N–H and O–H groups in total. The predicted molar refractivity (Wildman–Crippen MR) is 100.0 cm³/mol. The molecular formula is C19H30N4O4. The molecule has 8 nitrogen and oxygen atoms in total. The van der Waals surface area contributed by atoms with E-state index in [0.717, 1.165) is 32.7 Å². The number of likely N-dealkylation sites (N-methyl/N-ethyl adjacent to an activating group) is 1. The van der Waals surface area contributed by atoms with E-state index in [1.165, 1.54) is 6.92 Å². The van der Waals surface area contributed by atoms with Crippen LogP contribution in [0.15, 0.2) is 11.1 Å². The van der Waals surface area contributed by atoms with Gasteiger partial charge in [0.05, 0.1) is 5.57 Å². The van der Waals surface area contributed by atoms with Gasteiger partial charge in [0.2, 0.25) is 5.91 Å². The van der Waals surface area contributed by atoms with Crippen LogP contribution < -0.4 is 5.32 Å². The summed E-state index contributed by atoms with van der Waals surface area (Å²) in [4.78, 5) is 43.0. The Labute approximate surface area is 160 Å². The van der Waals surface area contributed by atoms with Crippen LogP contribution in [0, 0.1) is 0 Å². The molecule has 3 rings (SSSR count). The molecule has 0 bridgehead atoms. The molecule has 150 valence electrons. The van der Waals surface area contributed by atoms with Gasteiger partial charge in [-0.1, -0.05) is 0 Å². The molecule has 2 fully saturated rings. The van der Waals surface area contributed by atoms with Crippen molar-refractivity contribution in [1.82, 2.24) is 20.0 Å². The van der Waals surface area contributed by atoms with Crippen molar-refractivity contribution in [3.05, 3.63) is 11.1 Å². The van der Waals surface area contributed by atoms with Gasteiger partial charge in [-0.2, -0.15) is 0 Å². The Morgan fingerprint density at radius 2 is 1.74 bits per heavy atom. The minimum Gasteiger partial charge on any atom is -0.450 e. The van der Waals surface area contributed by atoms with Gasteiger partial charge in [0, 0.05) is 77.7 Å². The van der Waals surface area contributed by atoms with Gasteiger partial charge < -0.3 is 19.9 Å². The number of likely N-dealkylation sites (tertiary alicyclic amines) is 1. The summed E-state index contributed by atoms with van der Waals surface area (Å²) in [7, 11) is 2.11. The van der Waals surface area contributed by atoms with Crippen LogP contribution in [-0.2, 0) is 19.1 Å². The zero-order chi connectivity index (χ0) is 19.6. The molecule has 2 saturated heterocycles. The number of hydrogen-bond donors (Lipinski definition) is 1. The number of nitrogens with zero attached hydrogens (tertiary/aromatic N) is 3. The van der Waals surface area contributed by atoms with Crippen molar-refractivity contribution < 1.29 is 19.1 Å². The molecule has 3 heterocycles. The van der Waals surface area contributed by atoms with E-state index in [2.05, 4.69) is 22.2 Å². The fourth-order valence-corrected chi connectivity index (χ4v) is 4.15. The molecule has 0 unspecified atom stereocenters. The third kappa shape index (κ3) is 4.16. The van der Waals surface area contributed by atoms with Gasteiger partial charge in [0.25, 0.3) is 5.91 Å². The van der Waals surface area contributed by atoms with E-state index in [-0.39, 0.29) is 11.8 Å². The fourth-order valence-electron chi connectivity index (χ4n) is 4.15. The topological polar surface area (TPSA) is 82.2 Å². The maximum Gasteiger partial charge on any atom is 0.335 e. The Balaban J connectivity index is 1.59. The monoisotopic (exact) mass is 378 g/mol. The van der Waals surface area contributed by atoms with Crippen LogP contribution in [0.4, 0.5) is 0 Å². The molecule has 27 heavy (non-hydrogen) atoms. The lowest BCUT2D eigenvalue weighted by molar-refractivity contribution is -0.152. The van der Waals surface area contributed by atoms with Gasteiger partial charge in [0.1, 0.15) is 5.60 Å². The smallest absolute Gasteiger partial charge is 0.335 e. The fraction of sp³-hybridized carbons (Fsp3) is 0.737. The molecule has 3 aliphatic heterocycles. The van der Waals surface area contributed by atoms with E-state index < -0.39 is 11.6 Å². The van der Waals surface area contributed by atoms with Crippen LogP contribution in [-0.4, -0.2) is 97.5 Å². The van der Waals surface area contributed by atoms with Crippen molar-refractivity contribution in [3.8, 4) is 0 Å². The summed E-state index contributed by atoms with van der Waals surface area (Å²) in [6.45, 7) is 9.60. The second-order valence-corrected chi connectivity index (χ2v) is 7.79. The van der Waals surface area contributed by atoms with Gasteiger partial charge in [-0.3, -0.25) is 14.5 Å². The Bertz CT molecular complexity index is 644. The lowest BCUT2D eigenvalue weighted by atomic mass is 9.82. The van der Waals surface area contributed by atoms with Crippen molar-refractivity contribution in [2.45, 2.75) is 32.3 Å². The number of hydrogen-bond acceptors (Lipinski definition) is 6. The second-order valence-electron chi connectivity index (χ2n) is 7.79. The highest BCUT2D eigenvalue weighted by Crippen LogP contribution is 2.41. The molecule has 2 amide bonds. The molecule has 0 aromatic rings. The number of nitrogens with one attached hydrogen (secondary N) is 1. The zero-order valence-corrected chi connectivity index (χ0v) is 16.5. The number of piperazine rings is 1. The molecule has 0 atom stereocenters. The summed E-state index contributed by atoms with van der Waals surface area (Å²) < 4.78 is 5.64. The van der Waals surface area contributed by atoms with Crippen molar-refractivity contribution in [3.63, 3.8) is 0 Å². The number of amides is 2. The maximum atomic E-state index is 12.9. The average molecular weight is 378 g/mol. The molecule has 0 aromatic carbocycles. The molecule has 8 heteroatoms. The largest absolute Gasteiger partial charge is 0.450 e. The first-order chi connectivity index (χ1) is 12.8. The minimum atomic E-state index is -0.884.